The number of halogens is 1. The van der Waals surface area contributed by atoms with Gasteiger partial charge in [0.25, 0.3) is 5.91 Å². The van der Waals surface area contributed by atoms with Gasteiger partial charge < -0.3 is 15.4 Å². The van der Waals surface area contributed by atoms with Crippen molar-refractivity contribution in [2.75, 3.05) is 17.7 Å². The minimum absolute atomic E-state index is 0.286. The van der Waals surface area contributed by atoms with E-state index in [4.69, 9.17) is 11.6 Å². The fourth-order valence-electron chi connectivity index (χ4n) is 2.38. The van der Waals surface area contributed by atoms with Crippen molar-refractivity contribution in [2.24, 2.45) is 0 Å². The predicted octanol–water partition coefficient (Wildman–Crippen LogP) is 3.78. The van der Waals surface area contributed by atoms with Gasteiger partial charge in [0.05, 0.1) is 41.2 Å². The van der Waals surface area contributed by atoms with Gasteiger partial charge in [-0.1, -0.05) is 17.7 Å². The van der Waals surface area contributed by atoms with E-state index in [-0.39, 0.29) is 5.56 Å². The SMILES string of the molecule is COC(=O)c1ccc(Cl)c(NC(=O)c2ccc(NCc3ccccn3)nc2)c1. The highest BCUT2D eigenvalue weighted by Gasteiger charge is 2.13. The number of aromatic nitrogens is 2. The first kappa shape index (κ1) is 19.3. The molecule has 8 heteroatoms. The first-order chi connectivity index (χ1) is 13.6. The lowest BCUT2D eigenvalue weighted by Crippen LogP contribution is -2.14. The molecule has 0 radical (unpaired) electrons. The summed E-state index contributed by atoms with van der Waals surface area (Å²) in [7, 11) is 1.28. The largest absolute Gasteiger partial charge is 0.465 e. The van der Waals surface area contributed by atoms with Gasteiger partial charge in [-0.3, -0.25) is 9.78 Å². The Bertz CT molecular complexity index is 979. The molecule has 0 fully saturated rings. The fourth-order valence-corrected chi connectivity index (χ4v) is 2.54. The third-order valence-corrected chi connectivity index (χ3v) is 4.17. The van der Waals surface area contributed by atoms with Gasteiger partial charge >= 0.3 is 5.97 Å². The Kier molecular flexibility index (Phi) is 6.18. The molecule has 1 amide bonds. The molecule has 0 saturated carbocycles. The van der Waals surface area contributed by atoms with Crippen molar-refractivity contribution in [3.63, 3.8) is 0 Å². The maximum Gasteiger partial charge on any atom is 0.337 e. The fraction of sp³-hybridized carbons (Fsp3) is 0.100. The van der Waals surface area contributed by atoms with Crippen molar-refractivity contribution in [1.29, 1.82) is 0 Å². The van der Waals surface area contributed by atoms with E-state index in [1.807, 2.05) is 18.2 Å². The topological polar surface area (TPSA) is 93.2 Å². The molecule has 0 atom stereocenters. The first-order valence-electron chi connectivity index (χ1n) is 8.36. The number of carbonyl (C=O) groups excluding carboxylic acids is 2. The van der Waals surface area contributed by atoms with E-state index in [0.29, 0.717) is 28.6 Å². The van der Waals surface area contributed by atoms with Crippen molar-refractivity contribution in [1.82, 2.24) is 9.97 Å². The number of esters is 1. The molecule has 0 aliphatic rings. The van der Waals surface area contributed by atoms with Crippen LogP contribution in [0.25, 0.3) is 0 Å². The Morgan fingerprint density at radius 1 is 1.07 bits per heavy atom. The second kappa shape index (κ2) is 8.96. The number of anilines is 2. The van der Waals surface area contributed by atoms with E-state index in [1.165, 1.54) is 31.5 Å². The lowest BCUT2D eigenvalue weighted by atomic mass is 10.2. The normalized spacial score (nSPS) is 10.2. The third-order valence-electron chi connectivity index (χ3n) is 3.84. The zero-order valence-corrected chi connectivity index (χ0v) is 15.7. The molecule has 0 aliphatic carbocycles. The van der Waals surface area contributed by atoms with E-state index >= 15 is 0 Å². The Morgan fingerprint density at radius 3 is 2.57 bits per heavy atom. The Hall–Kier alpha value is -3.45. The summed E-state index contributed by atoms with van der Waals surface area (Å²) in [5.41, 5.74) is 1.83. The predicted molar refractivity (Wildman–Crippen MR) is 107 cm³/mol. The molecule has 2 N–H and O–H groups in total. The van der Waals surface area contributed by atoms with Gasteiger partial charge in [-0.05, 0) is 42.5 Å². The summed E-state index contributed by atoms with van der Waals surface area (Å²) < 4.78 is 4.67. The lowest BCUT2D eigenvalue weighted by molar-refractivity contribution is 0.0600. The van der Waals surface area contributed by atoms with Gasteiger partial charge in [-0.2, -0.15) is 0 Å². The van der Waals surface area contributed by atoms with Gasteiger partial charge in [-0.15, -0.1) is 0 Å². The van der Waals surface area contributed by atoms with Crippen LogP contribution < -0.4 is 10.6 Å². The number of ether oxygens (including phenoxy) is 1. The maximum absolute atomic E-state index is 12.5. The molecule has 3 aromatic rings. The van der Waals surface area contributed by atoms with Crippen LogP contribution in [0.3, 0.4) is 0 Å². The van der Waals surface area contributed by atoms with Crippen molar-refractivity contribution in [3.05, 3.63) is 82.8 Å². The maximum atomic E-state index is 12.5. The van der Waals surface area contributed by atoms with Crippen molar-refractivity contribution in [3.8, 4) is 0 Å². The number of hydrogen-bond donors (Lipinski definition) is 2. The molecule has 0 spiro atoms. The summed E-state index contributed by atoms with van der Waals surface area (Å²) in [5.74, 6) is -0.294. The molecule has 2 heterocycles. The molecule has 0 bridgehead atoms. The second-order valence-electron chi connectivity index (χ2n) is 5.75. The summed E-state index contributed by atoms with van der Waals surface area (Å²) >= 11 is 6.10. The Morgan fingerprint density at radius 2 is 1.89 bits per heavy atom. The molecule has 3 rings (SSSR count). The van der Waals surface area contributed by atoms with Crippen LogP contribution in [-0.2, 0) is 11.3 Å². The molecule has 0 aliphatic heterocycles. The number of nitrogens with zero attached hydrogens (tertiary/aromatic N) is 2. The molecule has 0 unspecified atom stereocenters. The number of rotatable bonds is 6. The minimum atomic E-state index is -0.517. The molecule has 1 aromatic carbocycles. The van der Waals surface area contributed by atoms with Gasteiger partial charge in [0.2, 0.25) is 0 Å². The highest BCUT2D eigenvalue weighted by Crippen LogP contribution is 2.24. The smallest absolute Gasteiger partial charge is 0.337 e. The number of amides is 1. The van der Waals surface area contributed by atoms with E-state index in [1.54, 1.807) is 18.3 Å². The summed E-state index contributed by atoms with van der Waals surface area (Å²) in [6.07, 6.45) is 3.17. The number of methoxy groups -OCH3 is 1. The summed E-state index contributed by atoms with van der Waals surface area (Å²) in [6.45, 7) is 0.523. The quantitative estimate of drug-likeness (QED) is 0.616. The average molecular weight is 397 g/mol. The average Bonchev–Trinajstić information content (AvgIpc) is 2.74. The standard InChI is InChI=1S/C20H17ClN4O3/c1-28-20(27)13-5-7-16(21)17(10-13)25-19(26)14-6-8-18(23-11-14)24-12-15-4-2-3-9-22-15/h2-11H,12H2,1H3,(H,23,24)(H,25,26). The van der Waals surface area contributed by atoms with Crippen LogP contribution in [0.5, 0.6) is 0 Å². The molecular weight excluding hydrogens is 380 g/mol. The zero-order valence-electron chi connectivity index (χ0n) is 15.0. The first-order valence-corrected chi connectivity index (χ1v) is 8.73. The van der Waals surface area contributed by atoms with Gasteiger partial charge in [-0.25, -0.2) is 9.78 Å². The van der Waals surface area contributed by atoms with Crippen LogP contribution in [0.1, 0.15) is 26.4 Å². The number of benzene rings is 1. The third kappa shape index (κ3) is 4.83. The summed E-state index contributed by atoms with van der Waals surface area (Å²) in [5, 5.41) is 6.12. The number of nitrogens with one attached hydrogen (secondary N) is 2. The molecule has 0 saturated heterocycles. The van der Waals surface area contributed by atoms with Gasteiger partial charge in [0.1, 0.15) is 5.82 Å². The highest BCUT2D eigenvalue weighted by molar-refractivity contribution is 6.34. The van der Waals surface area contributed by atoms with Crippen molar-refractivity contribution >= 4 is 35.0 Å². The Balaban J connectivity index is 1.65. The minimum Gasteiger partial charge on any atom is -0.465 e. The Labute approximate surface area is 166 Å². The van der Waals surface area contributed by atoms with Crippen LogP contribution in [0.2, 0.25) is 5.02 Å². The monoisotopic (exact) mass is 396 g/mol. The number of pyridine rings is 2. The summed E-state index contributed by atoms with van der Waals surface area (Å²) in [6, 6.07) is 13.5. The van der Waals surface area contributed by atoms with Crippen LogP contribution >= 0.6 is 11.6 Å². The van der Waals surface area contributed by atoms with Crippen molar-refractivity contribution in [2.45, 2.75) is 6.54 Å². The van der Waals surface area contributed by atoms with E-state index < -0.39 is 11.9 Å². The van der Waals surface area contributed by atoms with Crippen LogP contribution in [0.4, 0.5) is 11.5 Å². The summed E-state index contributed by atoms with van der Waals surface area (Å²) in [4.78, 5) is 32.5. The highest BCUT2D eigenvalue weighted by atomic mass is 35.5. The van der Waals surface area contributed by atoms with Crippen molar-refractivity contribution < 1.29 is 14.3 Å². The lowest BCUT2D eigenvalue weighted by Gasteiger charge is -2.10. The second-order valence-corrected chi connectivity index (χ2v) is 6.15. The van der Waals surface area contributed by atoms with Gasteiger partial charge in [0.15, 0.2) is 0 Å². The van der Waals surface area contributed by atoms with E-state index in [2.05, 4.69) is 25.3 Å². The van der Waals surface area contributed by atoms with Crippen LogP contribution in [0, 0.1) is 0 Å². The number of carbonyl (C=O) groups is 2. The van der Waals surface area contributed by atoms with E-state index in [0.717, 1.165) is 5.69 Å². The molecule has 28 heavy (non-hydrogen) atoms. The molecule has 2 aromatic heterocycles. The molecule has 142 valence electrons. The zero-order chi connectivity index (χ0) is 19.9. The van der Waals surface area contributed by atoms with Crippen LogP contribution in [0.15, 0.2) is 60.9 Å². The molecule has 7 nitrogen and oxygen atoms in total. The molecular formula is C20H17ClN4O3. The van der Waals surface area contributed by atoms with Crippen LogP contribution in [-0.4, -0.2) is 29.0 Å². The van der Waals surface area contributed by atoms with E-state index in [9.17, 15) is 9.59 Å². The van der Waals surface area contributed by atoms with Gasteiger partial charge in [0, 0.05) is 12.4 Å². The number of hydrogen-bond acceptors (Lipinski definition) is 6.